The van der Waals surface area contributed by atoms with Gasteiger partial charge in [0.2, 0.25) is 5.91 Å². The first-order valence-corrected chi connectivity index (χ1v) is 8.70. The molecule has 0 spiro atoms. The van der Waals surface area contributed by atoms with Gasteiger partial charge in [0.25, 0.3) is 0 Å². The number of carbonyl (C=O) groups excluding carboxylic acids is 1. The van der Waals surface area contributed by atoms with Gasteiger partial charge < -0.3 is 4.90 Å². The monoisotopic (exact) mass is 311 g/mol. The molecule has 0 bridgehead atoms. The number of rotatable bonds is 3. The molecule has 1 aliphatic carbocycles. The summed E-state index contributed by atoms with van der Waals surface area (Å²) in [7, 11) is 0. The molecule has 4 heteroatoms. The van der Waals surface area contributed by atoms with Gasteiger partial charge in [-0.15, -0.1) is 0 Å². The van der Waals surface area contributed by atoms with E-state index in [1.54, 1.807) is 0 Å². The zero-order chi connectivity index (χ0) is 16.1. The van der Waals surface area contributed by atoms with E-state index in [0.29, 0.717) is 0 Å². The summed E-state index contributed by atoms with van der Waals surface area (Å²) in [5, 5.41) is 9.53. The predicted molar refractivity (Wildman–Crippen MR) is 89.4 cm³/mol. The van der Waals surface area contributed by atoms with Gasteiger partial charge in [0.15, 0.2) is 0 Å². The molecule has 0 N–H and O–H groups in total. The van der Waals surface area contributed by atoms with Gasteiger partial charge >= 0.3 is 0 Å². The summed E-state index contributed by atoms with van der Waals surface area (Å²) < 4.78 is 0. The van der Waals surface area contributed by atoms with Crippen molar-refractivity contribution in [1.82, 2.24) is 9.80 Å². The van der Waals surface area contributed by atoms with Crippen molar-refractivity contribution in [2.24, 2.45) is 5.41 Å². The van der Waals surface area contributed by atoms with E-state index in [1.807, 2.05) is 11.0 Å². The van der Waals surface area contributed by atoms with Crippen molar-refractivity contribution in [2.45, 2.75) is 38.6 Å². The van der Waals surface area contributed by atoms with Crippen LogP contribution in [0.2, 0.25) is 0 Å². The van der Waals surface area contributed by atoms with E-state index in [4.69, 9.17) is 0 Å². The molecule has 122 valence electrons. The summed E-state index contributed by atoms with van der Waals surface area (Å²) in [6.45, 7) is 4.37. The molecule has 1 aromatic rings. The minimum atomic E-state index is -0.728. The highest BCUT2D eigenvalue weighted by atomic mass is 16.2. The standard InChI is InChI=1S/C19H25N3O/c20-16-19(9-4-5-10-19)18(23)22-12-6-11-21(13-14-22)15-17-7-2-1-3-8-17/h1-3,7-8H,4-6,9-15H2. The summed E-state index contributed by atoms with van der Waals surface area (Å²) in [6.07, 6.45) is 4.49. The number of carbonyl (C=O) groups is 1. The van der Waals surface area contributed by atoms with Crippen LogP contribution in [0, 0.1) is 16.7 Å². The number of hydrogen-bond acceptors (Lipinski definition) is 3. The van der Waals surface area contributed by atoms with E-state index in [1.165, 1.54) is 5.56 Å². The molecule has 0 atom stereocenters. The SMILES string of the molecule is N#CC1(C(=O)N2CCCN(Cc3ccccc3)CC2)CCCC1. The molecular formula is C19H25N3O. The Labute approximate surface area is 138 Å². The van der Waals surface area contributed by atoms with Crippen LogP contribution in [0.3, 0.4) is 0 Å². The Morgan fingerprint density at radius 2 is 1.78 bits per heavy atom. The van der Waals surface area contributed by atoms with Crippen molar-refractivity contribution in [2.75, 3.05) is 26.2 Å². The topological polar surface area (TPSA) is 47.3 Å². The number of hydrogen-bond donors (Lipinski definition) is 0. The van der Waals surface area contributed by atoms with Crippen LogP contribution in [-0.4, -0.2) is 41.9 Å². The van der Waals surface area contributed by atoms with Crippen LogP contribution in [0.4, 0.5) is 0 Å². The number of nitrogens with zero attached hydrogens (tertiary/aromatic N) is 3. The van der Waals surface area contributed by atoms with Crippen LogP contribution in [0.5, 0.6) is 0 Å². The lowest BCUT2D eigenvalue weighted by molar-refractivity contribution is -0.138. The second-order valence-corrected chi connectivity index (χ2v) is 6.81. The van der Waals surface area contributed by atoms with Crippen LogP contribution >= 0.6 is 0 Å². The van der Waals surface area contributed by atoms with Gasteiger partial charge in [-0.05, 0) is 24.8 Å². The smallest absolute Gasteiger partial charge is 0.243 e. The lowest BCUT2D eigenvalue weighted by Crippen LogP contribution is -2.43. The number of benzene rings is 1. The molecule has 1 saturated heterocycles. The van der Waals surface area contributed by atoms with Crippen molar-refractivity contribution in [1.29, 1.82) is 5.26 Å². The molecule has 1 aromatic carbocycles. The van der Waals surface area contributed by atoms with Crippen LogP contribution in [0.1, 0.15) is 37.7 Å². The van der Waals surface area contributed by atoms with Crippen molar-refractivity contribution >= 4 is 5.91 Å². The van der Waals surface area contributed by atoms with Crippen LogP contribution in [-0.2, 0) is 11.3 Å². The molecule has 1 aliphatic heterocycles. The molecule has 1 amide bonds. The number of nitriles is 1. The van der Waals surface area contributed by atoms with E-state index >= 15 is 0 Å². The van der Waals surface area contributed by atoms with Crippen molar-refractivity contribution in [3.8, 4) is 6.07 Å². The van der Waals surface area contributed by atoms with E-state index in [-0.39, 0.29) is 5.91 Å². The summed E-state index contributed by atoms with van der Waals surface area (Å²) >= 11 is 0. The fourth-order valence-electron chi connectivity index (χ4n) is 3.83. The molecule has 4 nitrogen and oxygen atoms in total. The molecule has 2 fully saturated rings. The fraction of sp³-hybridized carbons (Fsp3) is 0.579. The van der Waals surface area contributed by atoms with Gasteiger partial charge in [-0.25, -0.2) is 0 Å². The average molecular weight is 311 g/mol. The maximum atomic E-state index is 12.9. The van der Waals surface area contributed by atoms with Crippen LogP contribution < -0.4 is 0 Å². The zero-order valence-corrected chi connectivity index (χ0v) is 13.7. The Balaban J connectivity index is 1.60. The molecule has 1 saturated carbocycles. The summed E-state index contributed by atoms with van der Waals surface area (Å²) in [4.78, 5) is 17.2. The van der Waals surface area contributed by atoms with E-state index in [2.05, 4.69) is 35.2 Å². The Hall–Kier alpha value is -1.86. The zero-order valence-electron chi connectivity index (χ0n) is 13.7. The molecular weight excluding hydrogens is 286 g/mol. The normalized spacial score (nSPS) is 21.6. The van der Waals surface area contributed by atoms with Gasteiger partial charge in [-0.2, -0.15) is 5.26 Å². The molecule has 0 unspecified atom stereocenters. The first kappa shape index (κ1) is 16.0. The highest BCUT2D eigenvalue weighted by Crippen LogP contribution is 2.39. The lowest BCUT2D eigenvalue weighted by Gasteiger charge is -2.29. The molecule has 2 aliphatic rings. The predicted octanol–water partition coefficient (Wildman–Crippen LogP) is 2.80. The molecule has 23 heavy (non-hydrogen) atoms. The average Bonchev–Trinajstić information content (AvgIpc) is 2.97. The fourth-order valence-corrected chi connectivity index (χ4v) is 3.83. The third kappa shape index (κ3) is 3.56. The Morgan fingerprint density at radius 3 is 2.48 bits per heavy atom. The van der Waals surface area contributed by atoms with Gasteiger partial charge in [0, 0.05) is 32.7 Å². The van der Waals surface area contributed by atoms with E-state index < -0.39 is 5.41 Å². The van der Waals surface area contributed by atoms with E-state index in [9.17, 15) is 10.1 Å². The Kier molecular flexibility index (Phi) is 4.97. The molecule has 0 aromatic heterocycles. The Bertz CT molecular complexity index is 572. The third-order valence-corrected chi connectivity index (χ3v) is 5.21. The first-order valence-electron chi connectivity index (χ1n) is 8.70. The molecule has 1 heterocycles. The van der Waals surface area contributed by atoms with E-state index in [0.717, 1.165) is 64.8 Å². The quantitative estimate of drug-likeness (QED) is 0.862. The highest BCUT2D eigenvalue weighted by Gasteiger charge is 2.44. The third-order valence-electron chi connectivity index (χ3n) is 5.21. The minimum absolute atomic E-state index is 0.0825. The second kappa shape index (κ2) is 7.14. The number of amides is 1. The Morgan fingerprint density at radius 1 is 1.04 bits per heavy atom. The van der Waals surface area contributed by atoms with Crippen molar-refractivity contribution < 1.29 is 4.79 Å². The van der Waals surface area contributed by atoms with Gasteiger partial charge in [-0.3, -0.25) is 9.69 Å². The van der Waals surface area contributed by atoms with Crippen LogP contribution in [0.25, 0.3) is 0 Å². The van der Waals surface area contributed by atoms with Gasteiger partial charge in [0.1, 0.15) is 5.41 Å². The molecule has 3 rings (SSSR count). The maximum Gasteiger partial charge on any atom is 0.243 e. The van der Waals surface area contributed by atoms with Gasteiger partial charge in [0.05, 0.1) is 6.07 Å². The highest BCUT2D eigenvalue weighted by molar-refractivity contribution is 5.85. The van der Waals surface area contributed by atoms with Crippen LogP contribution in [0.15, 0.2) is 30.3 Å². The maximum absolute atomic E-state index is 12.9. The largest absolute Gasteiger partial charge is 0.340 e. The lowest BCUT2D eigenvalue weighted by atomic mass is 9.86. The van der Waals surface area contributed by atoms with Crippen molar-refractivity contribution in [3.63, 3.8) is 0 Å². The summed E-state index contributed by atoms with van der Waals surface area (Å²) in [5.41, 5.74) is 0.589. The molecule has 0 radical (unpaired) electrons. The minimum Gasteiger partial charge on any atom is -0.340 e. The van der Waals surface area contributed by atoms with Crippen molar-refractivity contribution in [3.05, 3.63) is 35.9 Å². The summed E-state index contributed by atoms with van der Waals surface area (Å²) in [6, 6.07) is 12.8. The van der Waals surface area contributed by atoms with Gasteiger partial charge in [-0.1, -0.05) is 43.2 Å². The summed E-state index contributed by atoms with van der Waals surface area (Å²) in [5.74, 6) is 0.0825. The first-order chi connectivity index (χ1) is 11.2. The second-order valence-electron chi connectivity index (χ2n) is 6.81.